The smallest absolute Gasteiger partial charge is 0.243 e. The van der Waals surface area contributed by atoms with Gasteiger partial charge in [0, 0.05) is 12.6 Å². The summed E-state index contributed by atoms with van der Waals surface area (Å²) in [4.78, 5) is 0.0754. The minimum atomic E-state index is -3.67. The molecule has 0 atom stereocenters. The molecule has 0 aliphatic heterocycles. The number of sulfonamides is 1. The predicted octanol–water partition coefficient (Wildman–Crippen LogP) is 2.42. The van der Waals surface area contributed by atoms with E-state index in [1.165, 1.54) is 16.4 Å². The Balaban J connectivity index is 2.38. The highest BCUT2D eigenvalue weighted by molar-refractivity contribution is 7.89. The van der Waals surface area contributed by atoms with E-state index >= 15 is 0 Å². The minimum absolute atomic E-state index is 0.0178. The van der Waals surface area contributed by atoms with Crippen molar-refractivity contribution in [1.82, 2.24) is 4.31 Å². The van der Waals surface area contributed by atoms with Crippen LogP contribution in [0.5, 0.6) is 0 Å². The maximum Gasteiger partial charge on any atom is 0.243 e. The van der Waals surface area contributed by atoms with Gasteiger partial charge in [-0.1, -0.05) is 18.9 Å². The Morgan fingerprint density at radius 3 is 2.62 bits per heavy atom. The molecular formula is C15H23FN2O2S. The second-order valence-electron chi connectivity index (χ2n) is 5.61. The summed E-state index contributed by atoms with van der Waals surface area (Å²) >= 11 is 0. The van der Waals surface area contributed by atoms with Crippen molar-refractivity contribution in [3.63, 3.8) is 0 Å². The van der Waals surface area contributed by atoms with Gasteiger partial charge >= 0.3 is 0 Å². The van der Waals surface area contributed by atoms with Crippen LogP contribution in [0.25, 0.3) is 0 Å². The molecule has 0 bridgehead atoms. The Bertz CT molecular complexity index is 583. The number of aryl methyl sites for hydroxylation is 1. The van der Waals surface area contributed by atoms with Crippen LogP contribution in [-0.2, 0) is 10.0 Å². The summed E-state index contributed by atoms with van der Waals surface area (Å²) in [7, 11) is -3.67. The molecule has 1 aromatic rings. The van der Waals surface area contributed by atoms with Crippen LogP contribution >= 0.6 is 0 Å². The second kappa shape index (κ2) is 6.85. The van der Waals surface area contributed by atoms with Gasteiger partial charge in [-0.3, -0.25) is 0 Å². The molecule has 1 aliphatic rings. The van der Waals surface area contributed by atoms with Gasteiger partial charge in [-0.05, 0) is 50.4 Å². The molecule has 21 heavy (non-hydrogen) atoms. The van der Waals surface area contributed by atoms with Gasteiger partial charge in [0.15, 0.2) is 0 Å². The summed E-state index contributed by atoms with van der Waals surface area (Å²) in [6.07, 6.45) is 4.45. The normalized spacial score (nSPS) is 16.8. The minimum Gasteiger partial charge on any atom is -0.330 e. The van der Waals surface area contributed by atoms with E-state index in [1.54, 1.807) is 6.92 Å². The van der Waals surface area contributed by atoms with Crippen molar-refractivity contribution < 1.29 is 12.8 Å². The Labute approximate surface area is 126 Å². The Kier molecular flexibility index (Phi) is 5.35. The van der Waals surface area contributed by atoms with Gasteiger partial charge in [-0.15, -0.1) is 0 Å². The van der Waals surface area contributed by atoms with Crippen molar-refractivity contribution in [2.24, 2.45) is 5.73 Å². The number of nitrogens with two attached hydrogens (primary N) is 1. The lowest BCUT2D eigenvalue weighted by atomic mass is 10.2. The fraction of sp³-hybridized carbons (Fsp3) is 0.600. The van der Waals surface area contributed by atoms with E-state index in [-0.39, 0.29) is 10.9 Å². The Morgan fingerprint density at radius 2 is 2.00 bits per heavy atom. The summed E-state index contributed by atoms with van der Waals surface area (Å²) in [5, 5.41) is 0. The average Bonchev–Trinajstić information content (AvgIpc) is 2.95. The maximum absolute atomic E-state index is 13.5. The molecule has 2 N–H and O–H groups in total. The first-order chi connectivity index (χ1) is 9.96. The zero-order valence-electron chi connectivity index (χ0n) is 12.4. The van der Waals surface area contributed by atoms with Crippen molar-refractivity contribution in [1.29, 1.82) is 0 Å². The molecule has 0 heterocycles. The van der Waals surface area contributed by atoms with Crippen molar-refractivity contribution in [3.8, 4) is 0 Å². The standard InChI is InChI=1S/C15H23FN2O2S/c1-12-7-8-13(16)11-15(12)21(19,20)18(10-4-9-17)14-5-2-3-6-14/h7-8,11,14H,2-6,9-10,17H2,1H3. The van der Waals surface area contributed by atoms with Gasteiger partial charge in [-0.25, -0.2) is 12.8 Å². The van der Waals surface area contributed by atoms with Crippen molar-refractivity contribution >= 4 is 10.0 Å². The number of halogens is 1. The number of rotatable bonds is 6. The molecule has 1 fully saturated rings. The lowest BCUT2D eigenvalue weighted by Gasteiger charge is -2.28. The largest absolute Gasteiger partial charge is 0.330 e. The second-order valence-corrected chi connectivity index (χ2v) is 7.47. The first-order valence-corrected chi connectivity index (χ1v) is 8.89. The van der Waals surface area contributed by atoms with E-state index in [2.05, 4.69) is 0 Å². The predicted molar refractivity (Wildman–Crippen MR) is 81.0 cm³/mol. The molecule has 0 aromatic heterocycles. The van der Waals surface area contributed by atoms with Crippen LogP contribution in [0.3, 0.4) is 0 Å². The number of hydrogen-bond donors (Lipinski definition) is 1. The topological polar surface area (TPSA) is 63.4 Å². The van der Waals surface area contributed by atoms with Crippen LogP contribution < -0.4 is 5.73 Å². The van der Waals surface area contributed by atoms with Crippen molar-refractivity contribution in [3.05, 3.63) is 29.6 Å². The quantitative estimate of drug-likeness (QED) is 0.877. The third-order valence-electron chi connectivity index (χ3n) is 4.05. The molecule has 4 nitrogen and oxygen atoms in total. The van der Waals surface area contributed by atoms with E-state index in [0.29, 0.717) is 25.1 Å². The fourth-order valence-corrected chi connectivity index (χ4v) is 4.88. The number of nitrogens with zero attached hydrogens (tertiary/aromatic N) is 1. The van der Waals surface area contributed by atoms with Gasteiger partial charge in [0.2, 0.25) is 10.0 Å². The van der Waals surface area contributed by atoms with Gasteiger partial charge in [-0.2, -0.15) is 4.31 Å². The lowest BCUT2D eigenvalue weighted by Crippen LogP contribution is -2.40. The van der Waals surface area contributed by atoms with E-state index < -0.39 is 15.8 Å². The van der Waals surface area contributed by atoms with Crippen LogP contribution in [0, 0.1) is 12.7 Å². The third kappa shape index (κ3) is 3.62. The van der Waals surface area contributed by atoms with Gasteiger partial charge in [0.05, 0.1) is 4.90 Å². The average molecular weight is 314 g/mol. The Hall–Kier alpha value is -0.980. The van der Waals surface area contributed by atoms with Crippen molar-refractivity contribution in [2.75, 3.05) is 13.1 Å². The molecule has 2 rings (SSSR count). The molecule has 1 aromatic carbocycles. The Morgan fingerprint density at radius 1 is 1.33 bits per heavy atom. The highest BCUT2D eigenvalue weighted by Gasteiger charge is 2.33. The zero-order chi connectivity index (χ0) is 15.5. The van der Waals surface area contributed by atoms with E-state index in [4.69, 9.17) is 5.73 Å². The van der Waals surface area contributed by atoms with Crippen molar-refractivity contribution in [2.45, 2.75) is 50.0 Å². The van der Waals surface area contributed by atoms with E-state index in [1.807, 2.05) is 0 Å². The molecule has 0 spiro atoms. The molecule has 6 heteroatoms. The molecule has 0 radical (unpaired) electrons. The highest BCUT2D eigenvalue weighted by atomic mass is 32.2. The number of benzene rings is 1. The SMILES string of the molecule is Cc1ccc(F)cc1S(=O)(=O)N(CCCN)C1CCCC1. The summed E-state index contributed by atoms with van der Waals surface area (Å²) in [5.41, 5.74) is 6.11. The molecular weight excluding hydrogens is 291 g/mol. The molecule has 1 saturated carbocycles. The molecule has 0 saturated heterocycles. The molecule has 118 valence electrons. The molecule has 1 aliphatic carbocycles. The van der Waals surface area contributed by atoms with Gasteiger partial charge < -0.3 is 5.73 Å². The molecule has 0 amide bonds. The first-order valence-electron chi connectivity index (χ1n) is 7.45. The summed E-state index contributed by atoms with van der Waals surface area (Å²) < 4.78 is 40.8. The zero-order valence-corrected chi connectivity index (χ0v) is 13.2. The third-order valence-corrected chi connectivity index (χ3v) is 6.15. The van der Waals surface area contributed by atoms with Crippen LogP contribution in [0.1, 0.15) is 37.7 Å². The van der Waals surface area contributed by atoms with Gasteiger partial charge in [0.1, 0.15) is 5.82 Å². The van der Waals surface area contributed by atoms with Crippen LogP contribution in [0.2, 0.25) is 0 Å². The van der Waals surface area contributed by atoms with Crippen LogP contribution in [-0.4, -0.2) is 31.9 Å². The van der Waals surface area contributed by atoms with Crippen LogP contribution in [0.15, 0.2) is 23.1 Å². The molecule has 0 unspecified atom stereocenters. The lowest BCUT2D eigenvalue weighted by molar-refractivity contribution is 0.320. The van der Waals surface area contributed by atoms with E-state index in [9.17, 15) is 12.8 Å². The highest BCUT2D eigenvalue weighted by Crippen LogP contribution is 2.30. The summed E-state index contributed by atoms with van der Waals surface area (Å²) in [5.74, 6) is -0.524. The summed E-state index contributed by atoms with van der Waals surface area (Å²) in [6, 6.07) is 3.94. The van der Waals surface area contributed by atoms with Gasteiger partial charge in [0.25, 0.3) is 0 Å². The monoisotopic (exact) mass is 314 g/mol. The van der Waals surface area contributed by atoms with E-state index in [0.717, 1.165) is 31.7 Å². The fourth-order valence-electron chi connectivity index (χ4n) is 2.92. The maximum atomic E-state index is 13.5. The van der Waals surface area contributed by atoms with Crippen LogP contribution in [0.4, 0.5) is 4.39 Å². The first kappa shape index (κ1) is 16.4. The summed E-state index contributed by atoms with van der Waals surface area (Å²) in [6.45, 7) is 2.54. The number of hydrogen-bond acceptors (Lipinski definition) is 3.